The maximum atomic E-state index is 12.2. The van der Waals surface area contributed by atoms with Crippen LogP contribution in [0.25, 0.3) is 11.0 Å². The first-order chi connectivity index (χ1) is 15.0. The lowest BCUT2D eigenvalue weighted by atomic mass is 10.2. The number of imidazole rings is 1. The Morgan fingerprint density at radius 1 is 1.06 bits per heavy atom. The number of fused-ring (bicyclic) bond motifs is 1. The monoisotopic (exact) mass is 416 g/mol. The maximum Gasteiger partial charge on any atom is 0.338 e. The van der Waals surface area contributed by atoms with Gasteiger partial charge in [0, 0.05) is 5.69 Å². The number of ether oxygens (including phenoxy) is 2. The van der Waals surface area contributed by atoms with Gasteiger partial charge >= 0.3 is 5.97 Å². The Morgan fingerprint density at radius 3 is 2.65 bits per heavy atom. The maximum absolute atomic E-state index is 12.2. The second-order valence-electron chi connectivity index (χ2n) is 7.15. The number of esters is 1. The van der Waals surface area contributed by atoms with Gasteiger partial charge in [0.05, 0.1) is 29.7 Å². The summed E-state index contributed by atoms with van der Waals surface area (Å²) in [4.78, 5) is 21.3. The van der Waals surface area contributed by atoms with Crippen LogP contribution in [-0.4, -0.2) is 27.1 Å². The smallest absolute Gasteiger partial charge is 0.338 e. The fourth-order valence-corrected chi connectivity index (χ4v) is 3.38. The second-order valence-corrected chi connectivity index (χ2v) is 7.15. The van der Waals surface area contributed by atoms with Gasteiger partial charge in [0.25, 0.3) is 0 Å². The minimum atomic E-state index is -0.378. The number of benzene rings is 2. The molecule has 0 unspecified atom stereocenters. The summed E-state index contributed by atoms with van der Waals surface area (Å²) >= 11 is 0. The predicted molar refractivity (Wildman–Crippen MR) is 119 cm³/mol. The van der Waals surface area contributed by atoms with Gasteiger partial charge in [-0.3, -0.25) is 4.98 Å². The third-order valence-electron chi connectivity index (χ3n) is 4.91. The molecular weight excluding hydrogens is 392 g/mol. The Morgan fingerprint density at radius 2 is 1.87 bits per heavy atom. The van der Waals surface area contributed by atoms with E-state index in [4.69, 9.17) is 15.2 Å². The number of carbonyl (C=O) groups is 1. The molecule has 0 bridgehead atoms. The van der Waals surface area contributed by atoms with E-state index < -0.39 is 0 Å². The van der Waals surface area contributed by atoms with E-state index in [0.717, 1.165) is 22.5 Å². The van der Waals surface area contributed by atoms with Crippen LogP contribution in [0.5, 0.6) is 5.75 Å². The molecule has 0 aliphatic carbocycles. The number of carbonyl (C=O) groups excluding carboxylic acids is 1. The van der Waals surface area contributed by atoms with Crippen LogP contribution in [0, 0.1) is 6.92 Å². The van der Waals surface area contributed by atoms with E-state index in [9.17, 15) is 4.79 Å². The molecule has 0 radical (unpaired) electrons. The van der Waals surface area contributed by atoms with Gasteiger partial charge in [0.2, 0.25) is 5.95 Å². The average molecular weight is 416 g/mol. The number of hydrogen-bond acceptors (Lipinski definition) is 6. The molecule has 0 spiro atoms. The second kappa shape index (κ2) is 8.87. The van der Waals surface area contributed by atoms with Crippen LogP contribution in [0.2, 0.25) is 0 Å². The highest BCUT2D eigenvalue weighted by molar-refractivity contribution is 5.94. The van der Waals surface area contributed by atoms with Crippen LogP contribution < -0.4 is 10.5 Å². The van der Waals surface area contributed by atoms with Crippen molar-refractivity contribution in [3.05, 3.63) is 83.2 Å². The standard InChI is InChI=1S/C24H24N4O3/c1-3-30-23(29)18-10-11-19-21(13-18)28(24(25)27-19)14-20-22(12-9-16(2)26-20)31-15-17-7-5-4-6-8-17/h4-13H,3,14-15H2,1-2H3,(H2,25,27). The molecule has 7 nitrogen and oxygen atoms in total. The lowest BCUT2D eigenvalue weighted by Crippen LogP contribution is -2.10. The predicted octanol–water partition coefficient (Wildman–Crippen LogP) is 4.13. The Bertz CT molecular complexity index is 1220. The SMILES string of the molecule is CCOC(=O)c1ccc2nc(N)n(Cc3nc(C)ccc3OCc3ccccc3)c2c1. The number of nitrogen functional groups attached to an aromatic ring is 1. The van der Waals surface area contributed by atoms with Crippen molar-refractivity contribution < 1.29 is 14.3 Å². The highest BCUT2D eigenvalue weighted by Crippen LogP contribution is 2.25. The van der Waals surface area contributed by atoms with Gasteiger partial charge in [0.1, 0.15) is 18.1 Å². The summed E-state index contributed by atoms with van der Waals surface area (Å²) in [6.45, 7) is 4.82. The van der Waals surface area contributed by atoms with Gasteiger partial charge in [-0.25, -0.2) is 9.78 Å². The van der Waals surface area contributed by atoms with Crippen molar-refractivity contribution >= 4 is 23.0 Å². The number of rotatable bonds is 7. The summed E-state index contributed by atoms with van der Waals surface area (Å²) in [5.74, 6) is 0.641. The van der Waals surface area contributed by atoms with E-state index in [1.165, 1.54) is 0 Å². The third kappa shape index (κ3) is 4.50. The Hall–Kier alpha value is -3.87. The van der Waals surface area contributed by atoms with Gasteiger partial charge < -0.3 is 19.8 Å². The summed E-state index contributed by atoms with van der Waals surface area (Å²) in [6.07, 6.45) is 0. The van der Waals surface area contributed by atoms with Crippen molar-refractivity contribution in [3.63, 3.8) is 0 Å². The molecule has 2 aromatic heterocycles. The zero-order valence-corrected chi connectivity index (χ0v) is 17.5. The third-order valence-corrected chi connectivity index (χ3v) is 4.91. The normalized spacial score (nSPS) is 10.9. The van der Waals surface area contributed by atoms with Crippen LogP contribution >= 0.6 is 0 Å². The van der Waals surface area contributed by atoms with Crippen LogP contribution in [0.3, 0.4) is 0 Å². The highest BCUT2D eigenvalue weighted by Gasteiger charge is 2.16. The van der Waals surface area contributed by atoms with Crippen molar-refractivity contribution in [1.82, 2.24) is 14.5 Å². The van der Waals surface area contributed by atoms with Crippen molar-refractivity contribution in [1.29, 1.82) is 0 Å². The minimum absolute atomic E-state index is 0.313. The first kappa shape index (κ1) is 20.4. The van der Waals surface area contributed by atoms with Crippen LogP contribution in [0.15, 0.2) is 60.7 Å². The summed E-state index contributed by atoms with van der Waals surface area (Å²) in [6, 6.07) is 19.0. The Labute approximate surface area is 180 Å². The molecule has 4 rings (SSSR count). The van der Waals surface area contributed by atoms with Gasteiger partial charge in [-0.1, -0.05) is 30.3 Å². The molecular formula is C24H24N4O3. The largest absolute Gasteiger partial charge is 0.487 e. The Balaban J connectivity index is 1.66. The van der Waals surface area contributed by atoms with Crippen molar-refractivity contribution in [2.24, 2.45) is 0 Å². The molecule has 158 valence electrons. The van der Waals surface area contributed by atoms with Crippen LogP contribution in [0.1, 0.15) is 34.2 Å². The molecule has 0 atom stereocenters. The molecule has 0 saturated heterocycles. The number of nitrogens with zero attached hydrogens (tertiary/aromatic N) is 3. The lowest BCUT2D eigenvalue weighted by molar-refractivity contribution is 0.0526. The first-order valence-electron chi connectivity index (χ1n) is 10.1. The van der Waals surface area contributed by atoms with E-state index in [2.05, 4.69) is 9.97 Å². The zero-order valence-electron chi connectivity index (χ0n) is 17.5. The molecule has 0 amide bonds. The fourth-order valence-electron chi connectivity index (χ4n) is 3.38. The lowest BCUT2D eigenvalue weighted by Gasteiger charge is -2.13. The van der Waals surface area contributed by atoms with Crippen LogP contribution in [-0.2, 0) is 17.9 Å². The molecule has 2 heterocycles. The number of pyridine rings is 1. The first-order valence-corrected chi connectivity index (χ1v) is 10.1. The summed E-state index contributed by atoms with van der Waals surface area (Å²) in [5, 5.41) is 0. The molecule has 2 N–H and O–H groups in total. The molecule has 7 heteroatoms. The molecule has 0 saturated carbocycles. The molecule has 0 fully saturated rings. The van der Waals surface area contributed by atoms with Gasteiger partial charge in [-0.15, -0.1) is 0 Å². The molecule has 0 aliphatic rings. The van der Waals surface area contributed by atoms with Crippen molar-refractivity contribution in [2.45, 2.75) is 27.0 Å². The van der Waals surface area contributed by atoms with E-state index in [1.54, 1.807) is 25.1 Å². The van der Waals surface area contributed by atoms with Gasteiger partial charge in [-0.2, -0.15) is 0 Å². The summed E-state index contributed by atoms with van der Waals surface area (Å²) in [5.41, 5.74) is 10.8. The van der Waals surface area contributed by atoms with Crippen molar-refractivity contribution in [2.75, 3.05) is 12.3 Å². The quantitative estimate of drug-likeness (QED) is 0.456. The van der Waals surface area contributed by atoms with Crippen molar-refractivity contribution in [3.8, 4) is 5.75 Å². The van der Waals surface area contributed by atoms with E-state index in [0.29, 0.717) is 42.5 Å². The molecule has 0 aliphatic heterocycles. The van der Waals surface area contributed by atoms with E-state index in [-0.39, 0.29) is 5.97 Å². The topological polar surface area (TPSA) is 92.3 Å². The molecule has 2 aromatic carbocycles. The summed E-state index contributed by atoms with van der Waals surface area (Å²) in [7, 11) is 0. The highest BCUT2D eigenvalue weighted by atomic mass is 16.5. The van der Waals surface area contributed by atoms with E-state index in [1.807, 2.05) is 54.0 Å². The Kier molecular flexibility index (Phi) is 5.84. The number of anilines is 1. The van der Waals surface area contributed by atoms with Crippen LogP contribution in [0.4, 0.5) is 5.95 Å². The number of aryl methyl sites for hydroxylation is 1. The van der Waals surface area contributed by atoms with Gasteiger partial charge in [0.15, 0.2) is 0 Å². The number of nitrogens with two attached hydrogens (primary N) is 1. The number of hydrogen-bond donors (Lipinski definition) is 1. The zero-order chi connectivity index (χ0) is 21.8. The molecule has 31 heavy (non-hydrogen) atoms. The minimum Gasteiger partial charge on any atom is -0.487 e. The molecule has 4 aromatic rings. The van der Waals surface area contributed by atoms with Gasteiger partial charge in [-0.05, 0) is 49.7 Å². The number of aromatic nitrogens is 3. The summed E-state index contributed by atoms with van der Waals surface area (Å²) < 4.78 is 13.0. The van der Waals surface area contributed by atoms with E-state index >= 15 is 0 Å². The fraction of sp³-hybridized carbons (Fsp3) is 0.208. The average Bonchev–Trinajstić information content (AvgIpc) is 3.08.